The van der Waals surface area contributed by atoms with E-state index >= 15 is 0 Å². The number of nitrogens with zero attached hydrogens (tertiary/aromatic N) is 1. The summed E-state index contributed by atoms with van der Waals surface area (Å²) in [6.45, 7) is 12.4. The summed E-state index contributed by atoms with van der Waals surface area (Å²) in [6, 6.07) is 0. The molecule has 1 heterocycles. The maximum atomic E-state index is 12.4. The summed E-state index contributed by atoms with van der Waals surface area (Å²) in [7, 11) is 4.55. The summed E-state index contributed by atoms with van der Waals surface area (Å²) in [4.78, 5) is 37.2. The maximum Gasteiger partial charge on any atom is 0.337 e. The van der Waals surface area contributed by atoms with Crippen LogP contribution in [0.5, 0.6) is 0 Å². The molecule has 0 saturated carbocycles. The number of hydrogen-bond donors (Lipinski definition) is 7. The number of carbonyl (C=O) groups excluding carboxylic acids is 3. The van der Waals surface area contributed by atoms with Crippen LogP contribution in [0, 0.1) is 23.2 Å². The quantitative estimate of drug-likeness (QED) is 0.00455. The lowest BCUT2D eigenvalue weighted by atomic mass is 9.92. The third-order valence-corrected chi connectivity index (χ3v) is 10.3. The van der Waals surface area contributed by atoms with Crippen LogP contribution in [-0.4, -0.2) is 114 Å². The van der Waals surface area contributed by atoms with E-state index in [1.54, 1.807) is 38.2 Å². The molecule has 64 heavy (non-hydrogen) atoms. The van der Waals surface area contributed by atoms with Crippen LogP contribution in [0.1, 0.15) is 99.3 Å². The van der Waals surface area contributed by atoms with E-state index in [2.05, 4.69) is 55.3 Å². The molecule has 0 aromatic carbocycles. The molecule has 14 heteroatoms. The number of ether oxygens (including phenoxy) is 3. The summed E-state index contributed by atoms with van der Waals surface area (Å²) < 4.78 is 16.8. The van der Waals surface area contributed by atoms with E-state index in [-0.39, 0.29) is 23.5 Å². The molecule has 1 rings (SSSR count). The van der Waals surface area contributed by atoms with Crippen molar-refractivity contribution < 1.29 is 49.0 Å². The van der Waals surface area contributed by atoms with Gasteiger partial charge in [0.2, 0.25) is 0 Å². The maximum absolute atomic E-state index is 12.4. The molecular formula is C50H80N4O10. The summed E-state index contributed by atoms with van der Waals surface area (Å²) in [5, 5.41) is 51.8. The van der Waals surface area contributed by atoms with Gasteiger partial charge in [-0.05, 0) is 90.2 Å². The Kier molecular flexibility index (Phi) is 33.0. The summed E-state index contributed by atoms with van der Waals surface area (Å²) in [6.07, 6.45) is 28.0. The number of esters is 1. The van der Waals surface area contributed by atoms with Crippen LogP contribution in [0.2, 0.25) is 0 Å². The Labute approximate surface area is 383 Å². The Morgan fingerprint density at radius 3 is 2.12 bits per heavy atom. The molecule has 0 aromatic heterocycles. The topological polar surface area (TPSA) is 225 Å². The second kappa shape index (κ2) is 35.6. The molecule has 0 bridgehead atoms. The number of nitrogens with two attached hydrogens (primary N) is 1. The average Bonchev–Trinajstić information content (AvgIpc) is 3.28. The van der Waals surface area contributed by atoms with Gasteiger partial charge in [-0.1, -0.05) is 106 Å². The number of unbranched alkanes of at least 4 members (excludes halogenated alkanes) is 3. The fourth-order valence-electron chi connectivity index (χ4n) is 6.42. The summed E-state index contributed by atoms with van der Waals surface area (Å²) >= 11 is 0. The molecule has 1 saturated heterocycles. The second-order valence-electron chi connectivity index (χ2n) is 16.0. The van der Waals surface area contributed by atoms with Gasteiger partial charge in [0.25, 0.3) is 5.91 Å². The van der Waals surface area contributed by atoms with E-state index in [1.165, 1.54) is 13.4 Å². The van der Waals surface area contributed by atoms with Crippen molar-refractivity contribution in [2.45, 2.75) is 136 Å². The Morgan fingerprint density at radius 1 is 0.844 bits per heavy atom. The number of amides is 1. The third-order valence-electron chi connectivity index (χ3n) is 10.3. The van der Waals surface area contributed by atoms with Crippen molar-refractivity contribution in [3.8, 4) is 0 Å². The fourth-order valence-corrected chi connectivity index (χ4v) is 6.42. The highest BCUT2D eigenvalue weighted by molar-refractivity contribution is 5.94. The predicted molar refractivity (Wildman–Crippen MR) is 256 cm³/mol. The van der Waals surface area contributed by atoms with E-state index in [1.807, 2.05) is 56.2 Å². The van der Waals surface area contributed by atoms with E-state index in [0.29, 0.717) is 36.5 Å². The van der Waals surface area contributed by atoms with Crippen molar-refractivity contribution >= 4 is 24.5 Å². The lowest BCUT2D eigenvalue weighted by molar-refractivity contribution is -0.303. The van der Waals surface area contributed by atoms with Gasteiger partial charge in [-0.3, -0.25) is 10.2 Å². The highest BCUT2D eigenvalue weighted by Crippen LogP contribution is 2.29. The molecule has 9 atom stereocenters. The average molecular weight is 897 g/mol. The number of nitrogens with one attached hydrogen (secondary N) is 2. The first-order valence-corrected chi connectivity index (χ1v) is 22.3. The van der Waals surface area contributed by atoms with Gasteiger partial charge in [0.1, 0.15) is 30.4 Å². The lowest BCUT2D eigenvalue weighted by Crippen LogP contribution is -2.61. The largest absolute Gasteiger partial charge is 0.511 e. The monoisotopic (exact) mass is 897 g/mol. The van der Waals surface area contributed by atoms with Crippen LogP contribution in [-0.2, 0) is 28.6 Å². The van der Waals surface area contributed by atoms with Gasteiger partial charge in [-0.25, -0.2) is 4.79 Å². The van der Waals surface area contributed by atoms with E-state index < -0.39 is 42.8 Å². The van der Waals surface area contributed by atoms with Gasteiger partial charge in [0.05, 0.1) is 25.2 Å². The molecule has 14 nitrogen and oxygen atoms in total. The molecule has 1 fully saturated rings. The Morgan fingerprint density at radius 2 is 1.48 bits per heavy atom. The number of aldehydes is 1. The van der Waals surface area contributed by atoms with Crippen molar-refractivity contribution in [3.05, 3.63) is 108 Å². The minimum atomic E-state index is -1.70. The van der Waals surface area contributed by atoms with Gasteiger partial charge in [0, 0.05) is 37.9 Å². The first kappa shape index (κ1) is 59.3. The zero-order valence-corrected chi connectivity index (χ0v) is 39.8. The fraction of sp³-hybridized carbons (Fsp3) is 0.560. The van der Waals surface area contributed by atoms with E-state index in [4.69, 9.17) is 19.6 Å². The number of carbonyl (C=O) groups is 3. The number of allylic oxidation sites excluding steroid dienone is 15. The van der Waals surface area contributed by atoms with Crippen LogP contribution in [0.3, 0.4) is 0 Å². The Balaban J connectivity index is 0.0000195. The molecule has 360 valence electrons. The summed E-state index contributed by atoms with van der Waals surface area (Å²) in [5.74, 6) is -0.788. The predicted octanol–water partition coefficient (Wildman–Crippen LogP) is 7.22. The number of aliphatic hydroxyl groups excluding tert-OH is 4. The van der Waals surface area contributed by atoms with Crippen molar-refractivity contribution in [1.29, 1.82) is 5.41 Å². The van der Waals surface area contributed by atoms with Crippen molar-refractivity contribution in [2.75, 3.05) is 27.7 Å². The van der Waals surface area contributed by atoms with Crippen molar-refractivity contribution in [3.63, 3.8) is 0 Å². The van der Waals surface area contributed by atoms with Crippen LogP contribution < -0.4 is 11.1 Å². The molecule has 1 aliphatic rings. The summed E-state index contributed by atoms with van der Waals surface area (Å²) in [5.41, 5.74) is 6.18. The SMILES string of the molecule is CN.COC(=O)C1OC(OC(/C(C)=C/C(C)CCC/C=C/C(C)C/C=C/CCCN(C)C=N)C(C)/C=C/C=C/C=C/C=C/C=C(\C)C(=O)N/C(C)=C(\O)CCCC=O)C(O)C(O)C1O. The van der Waals surface area contributed by atoms with Gasteiger partial charge < -0.3 is 55.4 Å². The Bertz CT molecular complexity index is 1650. The number of methoxy groups -OCH3 is 1. The molecule has 1 aliphatic heterocycles. The van der Waals surface area contributed by atoms with Crippen LogP contribution in [0.4, 0.5) is 0 Å². The molecule has 0 spiro atoms. The van der Waals surface area contributed by atoms with Crippen LogP contribution >= 0.6 is 0 Å². The van der Waals surface area contributed by atoms with Gasteiger partial charge in [0.15, 0.2) is 12.4 Å². The zero-order chi connectivity index (χ0) is 48.5. The van der Waals surface area contributed by atoms with Gasteiger partial charge >= 0.3 is 5.97 Å². The normalized spacial score (nSPS) is 22.1. The first-order chi connectivity index (χ1) is 30.6. The molecular weight excluding hydrogens is 817 g/mol. The molecule has 0 radical (unpaired) electrons. The smallest absolute Gasteiger partial charge is 0.337 e. The lowest BCUT2D eigenvalue weighted by Gasteiger charge is -2.41. The minimum absolute atomic E-state index is 0.0463. The third kappa shape index (κ3) is 25.0. The standard InChI is InChI=1S/C49H75N3O10.CH5N/c1-35(25-17-14-15-23-31-52(7)34-50)26-18-16-19-27-36(2)33-39(5)45(61-49-44(57)42(55)43(56)46(62-49)48(59)60-8)37(3)28-20-12-10-9-11-13-21-29-38(4)47(58)51-40(6)41(54)30-22-24-32-53;1-2/h9-14,17-18,20-21,26,28-29,32-37,42-46,49-50,54-57H,15-16,19,22-25,27,30-31H2,1-8H3,(H,51,58);2H2,1H3/b11-9+,12-10+,17-14+,21-13+,26-18+,28-20+,38-29+,39-33+,41-40-,50-34?;. The number of hydrogen-bond acceptors (Lipinski definition) is 12. The molecule has 1 amide bonds. The van der Waals surface area contributed by atoms with Crippen LogP contribution in [0.25, 0.3) is 0 Å². The Hall–Kier alpha value is -4.70. The molecule has 9 unspecified atom stereocenters. The minimum Gasteiger partial charge on any atom is -0.511 e. The van der Waals surface area contributed by atoms with Crippen LogP contribution in [0.15, 0.2) is 108 Å². The molecule has 8 N–H and O–H groups in total. The highest BCUT2D eigenvalue weighted by atomic mass is 16.7. The van der Waals surface area contributed by atoms with Gasteiger partial charge in [-0.15, -0.1) is 0 Å². The second-order valence-corrected chi connectivity index (χ2v) is 16.0. The van der Waals surface area contributed by atoms with E-state index in [0.717, 1.165) is 64.0 Å². The van der Waals surface area contributed by atoms with Crippen molar-refractivity contribution in [2.24, 2.45) is 23.5 Å². The zero-order valence-electron chi connectivity index (χ0n) is 39.8. The molecule has 0 aromatic rings. The van der Waals surface area contributed by atoms with Gasteiger partial charge in [-0.2, -0.15) is 0 Å². The molecule has 0 aliphatic carbocycles. The number of aliphatic hydroxyl groups is 4. The highest BCUT2D eigenvalue weighted by Gasteiger charge is 2.48. The van der Waals surface area contributed by atoms with E-state index in [9.17, 15) is 34.8 Å². The number of rotatable bonds is 29. The first-order valence-electron chi connectivity index (χ1n) is 22.3. The van der Waals surface area contributed by atoms with Crippen molar-refractivity contribution in [1.82, 2.24) is 10.2 Å².